The molecular weight excluding hydrogens is 236 g/mol. The summed E-state index contributed by atoms with van der Waals surface area (Å²) >= 11 is 1.65. The molecule has 1 aromatic rings. The normalized spacial score (nSPS) is 23.6. The van der Waals surface area contributed by atoms with Gasteiger partial charge >= 0.3 is 5.97 Å². The van der Waals surface area contributed by atoms with Crippen molar-refractivity contribution in [2.24, 2.45) is 0 Å². The van der Waals surface area contributed by atoms with E-state index >= 15 is 0 Å². The molecule has 1 aliphatic rings. The van der Waals surface area contributed by atoms with Crippen molar-refractivity contribution in [1.29, 1.82) is 0 Å². The Balaban J connectivity index is 2.27. The average molecular weight is 252 g/mol. The molecule has 0 aliphatic carbocycles. The molecule has 1 saturated heterocycles. The van der Waals surface area contributed by atoms with Gasteiger partial charge in [-0.05, 0) is 26.0 Å². The SMILES string of the molecule is C=C(C)C(=O)OC1(c2ccc(C)s2)CCOC1. The monoisotopic (exact) mass is 252 g/mol. The fraction of sp³-hybridized carbons (Fsp3) is 0.462. The highest BCUT2D eigenvalue weighted by Crippen LogP contribution is 2.38. The minimum absolute atomic E-state index is 0.346. The van der Waals surface area contributed by atoms with E-state index in [4.69, 9.17) is 9.47 Å². The van der Waals surface area contributed by atoms with Crippen molar-refractivity contribution in [3.63, 3.8) is 0 Å². The molecule has 0 saturated carbocycles. The van der Waals surface area contributed by atoms with Crippen LogP contribution in [0.25, 0.3) is 0 Å². The number of esters is 1. The fourth-order valence-electron chi connectivity index (χ4n) is 1.82. The van der Waals surface area contributed by atoms with Crippen LogP contribution in [-0.4, -0.2) is 19.2 Å². The summed E-state index contributed by atoms with van der Waals surface area (Å²) in [4.78, 5) is 14.0. The predicted molar refractivity (Wildman–Crippen MR) is 67.1 cm³/mol. The smallest absolute Gasteiger partial charge is 0.334 e. The highest BCUT2D eigenvalue weighted by Gasteiger charge is 2.41. The summed E-state index contributed by atoms with van der Waals surface area (Å²) in [6.45, 7) is 8.38. The van der Waals surface area contributed by atoms with Crippen molar-refractivity contribution in [2.75, 3.05) is 13.2 Å². The second-order valence-electron chi connectivity index (χ2n) is 4.38. The maximum Gasteiger partial charge on any atom is 0.334 e. The Morgan fingerprint density at radius 3 is 2.82 bits per heavy atom. The summed E-state index contributed by atoms with van der Waals surface area (Å²) in [5.41, 5.74) is -0.181. The van der Waals surface area contributed by atoms with E-state index in [0.717, 1.165) is 4.88 Å². The molecule has 1 atom stereocenters. The van der Waals surface area contributed by atoms with Crippen molar-refractivity contribution in [2.45, 2.75) is 25.9 Å². The Bertz CT molecular complexity index is 441. The van der Waals surface area contributed by atoms with Gasteiger partial charge in [0.1, 0.15) is 0 Å². The number of thiophene rings is 1. The quantitative estimate of drug-likeness (QED) is 0.613. The molecule has 0 aromatic carbocycles. The molecule has 0 radical (unpaired) electrons. The minimum Gasteiger partial charge on any atom is -0.447 e. The molecule has 1 unspecified atom stereocenters. The van der Waals surface area contributed by atoms with Crippen LogP contribution in [0.5, 0.6) is 0 Å². The Kier molecular flexibility index (Phi) is 3.35. The minimum atomic E-state index is -0.602. The lowest BCUT2D eigenvalue weighted by atomic mass is 10.0. The number of aryl methyl sites for hydroxylation is 1. The van der Waals surface area contributed by atoms with Gasteiger partial charge in [-0.3, -0.25) is 0 Å². The number of hydrogen-bond donors (Lipinski definition) is 0. The first-order valence-electron chi connectivity index (χ1n) is 5.57. The van der Waals surface area contributed by atoms with Gasteiger partial charge in [-0.2, -0.15) is 0 Å². The Labute approximate surface area is 105 Å². The van der Waals surface area contributed by atoms with E-state index in [-0.39, 0.29) is 5.97 Å². The van der Waals surface area contributed by atoms with Crippen molar-refractivity contribution in [3.8, 4) is 0 Å². The Morgan fingerprint density at radius 1 is 1.59 bits per heavy atom. The molecule has 4 heteroatoms. The topological polar surface area (TPSA) is 35.5 Å². The lowest BCUT2D eigenvalue weighted by Crippen LogP contribution is -2.32. The maximum absolute atomic E-state index is 11.7. The van der Waals surface area contributed by atoms with Gasteiger partial charge in [-0.15, -0.1) is 11.3 Å². The van der Waals surface area contributed by atoms with Crippen LogP contribution >= 0.6 is 11.3 Å². The molecule has 0 N–H and O–H groups in total. The molecule has 3 nitrogen and oxygen atoms in total. The van der Waals surface area contributed by atoms with E-state index in [9.17, 15) is 4.79 Å². The highest BCUT2D eigenvalue weighted by atomic mass is 32.1. The van der Waals surface area contributed by atoms with Gasteiger partial charge in [-0.25, -0.2) is 4.79 Å². The molecular formula is C13H16O3S. The van der Waals surface area contributed by atoms with Crippen LogP contribution in [-0.2, 0) is 19.9 Å². The van der Waals surface area contributed by atoms with E-state index in [1.807, 2.05) is 19.1 Å². The Morgan fingerprint density at radius 2 is 2.35 bits per heavy atom. The van der Waals surface area contributed by atoms with Gasteiger partial charge < -0.3 is 9.47 Å². The third kappa shape index (κ3) is 2.42. The fourth-order valence-corrected chi connectivity index (χ4v) is 2.82. The molecule has 0 bridgehead atoms. The number of ether oxygens (including phenoxy) is 2. The van der Waals surface area contributed by atoms with Gasteiger partial charge in [0, 0.05) is 16.9 Å². The van der Waals surface area contributed by atoms with Gasteiger partial charge in [-0.1, -0.05) is 6.58 Å². The molecule has 1 fully saturated rings. The van der Waals surface area contributed by atoms with Crippen LogP contribution in [0.1, 0.15) is 23.1 Å². The van der Waals surface area contributed by atoms with Crippen LogP contribution in [0, 0.1) is 6.92 Å². The standard InChI is InChI=1S/C13H16O3S/c1-9(2)12(14)16-13(6-7-15-8-13)11-5-4-10(3)17-11/h4-5H,1,6-8H2,2-3H3. The summed E-state index contributed by atoms with van der Waals surface area (Å²) < 4.78 is 11.0. The molecule has 0 spiro atoms. The zero-order valence-corrected chi connectivity index (χ0v) is 10.9. The van der Waals surface area contributed by atoms with E-state index in [0.29, 0.717) is 25.2 Å². The van der Waals surface area contributed by atoms with Crippen LogP contribution in [0.4, 0.5) is 0 Å². The third-order valence-corrected chi connectivity index (χ3v) is 4.00. The Hall–Kier alpha value is -1.13. The molecule has 92 valence electrons. The zero-order valence-electron chi connectivity index (χ0n) is 10.1. The molecule has 2 rings (SSSR count). The van der Waals surface area contributed by atoms with E-state index in [1.54, 1.807) is 18.3 Å². The second kappa shape index (κ2) is 4.63. The maximum atomic E-state index is 11.7. The van der Waals surface area contributed by atoms with E-state index < -0.39 is 5.60 Å². The van der Waals surface area contributed by atoms with E-state index in [1.165, 1.54) is 4.88 Å². The largest absolute Gasteiger partial charge is 0.447 e. The second-order valence-corrected chi connectivity index (χ2v) is 5.66. The number of carbonyl (C=O) groups is 1. The summed E-state index contributed by atoms with van der Waals surface area (Å²) in [6, 6.07) is 4.05. The van der Waals surface area contributed by atoms with Crippen molar-refractivity contribution in [3.05, 3.63) is 34.0 Å². The molecule has 1 aliphatic heterocycles. The summed E-state index contributed by atoms with van der Waals surface area (Å²) in [6.07, 6.45) is 0.714. The van der Waals surface area contributed by atoms with Crippen molar-refractivity contribution >= 4 is 17.3 Å². The third-order valence-electron chi connectivity index (χ3n) is 2.81. The lowest BCUT2D eigenvalue weighted by Gasteiger charge is -2.26. The van der Waals surface area contributed by atoms with Crippen molar-refractivity contribution in [1.82, 2.24) is 0 Å². The van der Waals surface area contributed by atoms with Gasteiger partial charge in [0.15, 0.2) is 5.60 Å². The molecule has 0 amide bonds. The molecule has 17 heavy (non-hydrogen) atoms. The van der Waals surface area contributed by atoms with Crippen LogP contribution in [0.3, 0.4) is 0 Å². The number of hydrogen-bond acceptors (Lipinski definition) is 4. The van der Waals surface area contributed by atoms with Crippen molar-refractivity contribution < 1.29 is 14.3 Å². The summed E-state index contributed by atoms with van der Waals surface area (Å²) in [5, 5.41) is 0. The van der Waals surface area contributed by atoms with Gasteiger partial charge in [0.05, 0.1) is 18.1 Å². The molecule has 2 heterocycles. The van der Waals surface area contributed by atoms with Crippen LogP contribution in [0.2, 0.25) is 0 Å². The van der Waals surface area contributed by atoms with Crippen LogP contribution in [0.15, 0.2) is 24.3 Å². The van der Waals surface area contributed by atoms with Gasteiger partial charge in [0.25, 0.3) is 0 Å². The first-order valence-corrected chi connectivity index (χ1v) is 6.39. The first kappa shape index (κ1) is 12.3. The van der Waals surface area contributed by atoms with Gasteiger partial charge in [0.2, 0.25) is 0 Å². The first-order chi connectivity index (χ1) is 8.03. The number of carbonyl (C=O) groups excluding carboxylic acids is 1. The summed E-state index contributed by atoms with van der Waals surface area (Å²) in [7, 11) is 0. The lowest BCUT2D eigenvalue weighted by molar-refractivity contribution is -0.155. The highest BCUT2D eigenvalue weighted by molar-refractivity contribution is 7.12. The summed E-state index contributed by atoms with van der Waals surface area (Å²) in [5.74, 6) is -0.346. The van der Waals surface area contributed by atoms with E-state index in [2.05, 4.69) is 6.58 Å². The number of rotatable bonds is 3. The van der Waals surface area contributed by atoms with Crippen LogP contribution < -0.4 is 0 Å². The predicted octanol–water partition coefficient (Wildman–Crippen LogP) is 2.79. The molecule has 1 aromatic heterocycles. The average Bonchev–Trinajstić information content (AvgIpc) is 2.87. The zero-order chi connectivity index (χ0) is 12.5.